The van der Waals surface area contributed by atoms with Gasteiger partial charge < -0.3 is 9.64 Å². The van der Waals surface area contributed by atoms with Crippen LogP contribution in [0.25, 0.3) is 16.6 Å². The van der Waals surface area contributed by atoms with Gasteiger partial charge in [0.25, 0.3) is 5.56 Å². The highest BCUT2D eigenvalue weighted by atomic mass is 32.2. The van der Waals surface area contributed by atoms with Crippen molar-refractivity contribution in [1.82, 2.24) is 9.55 Å². The molecule has 1 amide bonds. The number of carbonyl (C=O) groups excluding carboxylic acids is 2. The Morgan fingerprint density at radius 3 is 2.63 bits per heavy atom. The van der Waals surface area contributed by atoms with Gasteiger partial charge in [0.15, 0.2) is 10.9 Å². The third-order valence-electron chi connectivity index (χ3n) is 5.96. The number of benzene rings is 3. The van der Waals surface area contributed by atoms with Crippen LogP contribution in [-0.4, -0.2) is 40.6 Å². The molecule has 35 heavy (non-hydrogen) atoms. The lowest BCUT2D eigenvalue weighted by molar-refractivity contribution is -0.117. The lowest BCUT2D eigenvalue weighted by Gasteiger charge is -2.17. The zero-order chi connectivity index (χ0) is 24.4. The van der Waals surface area contributed by atoms with Gasteiger partial charge in [-0.25, -0.2) is 4.98 Å². The number of fused-ring (bicyclic) bond motifs is 1. The Morgan fingerprint density at radius 1 is 1.03 bits per heavy atom. The van der Waals surface area contributed by atoms with Crippen LogP contribution in [0.4, 0.5) is 5.69 Å². The molecule has 0 atom stereocenters. The largest absolute Gasteiger partial charge is 0.495 e. The third-order valence-corrected chi connectivity index (χ3v) is 6.90. The summed E-state index contributed by atoms with van der Waals surface area (Å²) in [6.07, 6.45) is 1.35. The number of para-hydroxylation sites is 3. The van der Waals surface area contributed by atoms with Gasteiger partial charge in [0.05, 0.1) is 29.5 Å². The van der Waals surface area contributed by atoms with Crippen molar-refractivity contribution in [3.63, 3.8) is 0 Å². The van der Waals surface area contributed by atoms with Crippen molar-refractivity contribution in [2.24, 2.45) is 0 Å². The normalized spacial score (nSPS) is 13.4. The fraction of sp³-hybridized carbons (Fsp3) is 0.185. The summed E-state index contributed by atoms with van der Waals surface area (Å²) < 4.78 is 6.99. The van der Waals surface area contributed by atoms with Crippen molar-refractivity contribution in [3.05, 3.63) is 88.7 Å². The molecule has 0 radical (unpaired) electrons. The number of carbonyl (C=O) groups is 2. The Bertz CT molecular complexity index is 1500. The maximum absolute atomic E-state index is 13.5. The average Bonchev–Trinajstić information content (AvgIpc) is 3.33. The van der Waals surface area contributed by atoms with Gasteiger partial charge >= 0.3 is 0 Å². The number of anilines is 1. The van der Waals surface area contributed by atoms with Gasteiger partial charge in [0.1, 0.15) is 5.75 Å². The van der Waals surface area contributed by atoms with Crippen LogP contribution in [0.3, 0.4) is 0 Å². The maximum atomic E-state index is 13.5. The predicted molar refractivity (Wildman–Crippen MR) is 137 cm³/mol. The van der Waals surface area contributed by atoms with Gasteiger partial charge in [-0.3, -0.25) is 19.0 Å². The standard InChI is InChI=1S/C27H23N3O4S/c1-34-24-13-5-4-12-22(24)30-26(33)20-10-2-3-11-21(20)28-27(30)35-17-23(31)18-8-6-9-19(16-18)29-15-7-14-25(29)32/h2-6,8-13,16H,7,14-15,17H2,1H3. The average molecular weight is 486 g/mol. The Kier molecular flexibility index (Phi) is 6.37. The fourth-order valence-corrected chi connectivity index (χ4v) is 5.12. The van der Waals surface area contributed by atoms with Gasteiger partial charge in [0, 0.05) is 24.2 Å². The molecule has 1 aliphatic rings. The monoisotopic (exact) mass is 485 g/mol. The zero-order valence-corrected chi connectivity index (χ0v) is 20.0. The third kappa shape index (κ3) is 4.44. The van der Waals surface area contributed by atoms with Crippen molar-refractivity contribution in [2.75, 3.05) is 24.3 Å². The molecular formula is C27H23N3O4S. The summed E-state index contributed by atoms with van der Waals surface area (Å²) in [7, 11) is 1.55. The van der Waals surface area contributed by atoms with Crippen LogP contribution in [0, 0.1) is 0 Å². The first-order valence-corrected chi connectivity index (χ1v) is 12.3. The van der Waals surface area contributed by atoms with E-state index in [4.69, 9.17) is 9.72 Å². The van der Waals surface area contributed by atoms with Crippen molar-refractivity contribution < 1.29 is 14.3 Å². The number of aromatic nitrogens is 2. The summed E-state index contributed by atoms with van der Waals surface area (Å²) in [6.45, 7) is 0.664. The molecule has 0 bridgehead atoms. The van der Waals surface area contributed by atoms with Crippen molar-refractivity contribution in [1.29, 1.82) is 0 Å². The van der Waals surface area contributed by atoms with E-state index < -0.39 is 0 Å². The molecule has 0 aliphatic carbocycles. The van der Waals surface area contributed by atoms with Crippen LogP contribution in [0.2, 0.25) is 0 Å². The molecule has 0 saturated carbocycles. The number of ketones is 1. The second kappa shape index (κ2) is 9.76. The SMILES string of the molecule is COc1ccccc1-n1c(SCC(=O)c2cccc(N3CCCC3=O)c2)nc2ccccc2c1=O. The number of methoxy groups -OCH3 is 1. The first-order chi connectivity index (χ1) is 17.1. The summed E-state index contributed by atoms with van der Waals surface area (Å²) in [6, 6.07) is 21.5. The number of Topliss-reactive ketones (excluding diaryl/α,β-unsaturated/α-hetero) is 1. The second-order valence-corrected chi connectivity index (χ2v) is 9.08. The van der Waals surface area contributed by atoms with E-state index in [0.717, 1.165) is 12.1 Å². The molecule has 176 valence electrons. The van der Waals surface area contributed by atoms with E-state index in [1.807, 2.05) is 24.3 Å². The summed E-state index contributed by atoms with van der Waals surface area (Å²) in [4.78, 5) is 45.2. The highest BCUT2D eigenvalue weighted by molar-refractivity contribution is 7.99. The topological polar surface area (TPSA) is 81.5 Å². The summed E-state index contributed by atoms with van der Waals surface area (Å²) in [5.41, 5.74) is 2.14. The van der Waals surface area contributed by atoms with E-state index in [1.54, 1.807) is 60.5 Å². The lowest BCUT2D eigenvalue weighted by atomic mass is 10.1. The molecular weight excluding hydrogens is 462 g/mol. The van der Waals surface area contributed by atoms with E-state index in [-0.39, 0.29) is 23.0 Å². The Hall–Kier alpha value is -3.91. The molecule has 7 nitrogen and oxygen atoms in total. The Labute approximate surface area is 206 Å². The molecule has 8 heteroatoms. The van der Waals surface area contributed by atoms with Gasteiger partial charge in [-0.15, -0.1) is 0 Å². The summed E-state index contributed by atoms with van der Waals surface area (Å²) >= 11 is 1.20. The molecule has 2 heterocycles. The van der Waals surface area contributed by atoms with Gasteiger partial charge in [-0.2, -0.15) is 0 Å². The van der Waals surface area contributed by atoms with E-state index in [1.165, 1.54) is 16.3 Å². The predicted octanol–water partition coefficient (Wildman–Crippen LogP) is 4.50. The zero-order valence-electron chi connectivity index (χ0n) is 19.1. The summed E-state index contributed by atoms with van der Waals surface area (Å²) in [5.74, 6) is 0.572. The first-order valence-electron chi connectivity index (χ1n) is 11.3. The molecule has 3 aromatic carbocycles. The fourth-order valence-electron chi connectivity index (χ4n) is 4.22. The van der Waals surface area contributed by atoms with Crippen molar-refractivity contribution in [2.45, 2.75) is 18.0 Å². The van der Waals surface area contributed by atoms with Crippen LogP contribution in [0.5, 0.6) is 5.75 Å². The molecule has 1 aliphatic heterocycles. The molecule has 4 aromatic rings. The second-order valence-electron chi connectivity index (χ2n) is 8.14. The molecule has 1 fully saturated rings. The number of rotatable bonds is 7. The number of thioether (sulfide) groups is 1. The van der Waals surface area contributed by atoms with Crippen molar-refractivity contribution >= 4 is 40.0 Å². The van der Waals surface area contributed by atoms with E-state index in [0.29, 0.717) is 46.0 Å². The molecule has 5 rings (SSSR count). The molecule has 0 spiro atoms. The minimum Gasteiger partial charge on any atom is -0.495 e. The van der Waals surface area contributed by atoms with Crippen LogP contribution in [0.15, 0.2) is 82.7 Å². The smallest absolute Gasteiger partial charge is 0.266 e. The maximum Gasteiger partial charge on any atom is 0.266 e. The molecule has 1 aromatic heterocycles. The Morgan fingerprint density at radius 2 is 1.83 bits per heavy atom. The van der Waals surface area contributed by atoms with Gasteiger partial charge in [-0.1, -0.05) is 48.2 Å². The highest BCUT2D eigenvalue weighted by Gasteiger charge is 2.23. The Balaban J connectivity index is 1.49. The van der Waals surface area contributed by atoms with E-state index in [9.17, 15) is 14.4 Å². The number of hydrogen-bond donors (Lipinski definition) is 0. The number of ether oxygens (including phenoxy) is 1. The van der Waals surface area contributed by atoms with Crippen LogP contribution < -0.4 is 15.2 Å². The number of nitrogens with zero attached hydrogens (tertiary/aromatic N) is 3. The number of hydrogen-bond acceptors (Lipinski definition) is 6. The van der Waals surface area contributed by atoms with Crippen LogP contribution in [-0.2, 0) is 4.79 Å². The quantitative estimate of drug-likeness (QED) is 0.218. The first kappa shape index (κ1) is 22.9. The highest BCUT2D eigenvalue weighted by Crippen LogP contribution is 2.28. The molecule has 0 unspecified atom stereocenters. The number of amides is 1. The minimum atomic E-state index is -0.232. The molecule has 1 saturated heterocycles. The van der Waals surface area contributed by atoms with Crippen LogP contribution in [0.1, 0.15) is 23.2 Å². The van der Waals surface area contributed by atoms with Crippen LogP contribution >= 0.6 is 11.8 Å². The van der Waals surface area contributed by atoms with E-state index >= 15 is 0 Å². The van der Waals surface area contributed by atoms with E-state index in [2.05, 4.69) is 0 Å². The summed E-state index contributed by atoms with van der Waals surface area (Å²) in [5, 5.41) is 0.884. The van der Waals surface area contributed by atoms with Gasteiger partial charge in [-0.05, 0) is 42.8 Å². The lowest BCUT2D eigenvalue weighted by Crippen LogP contribution is -2.24. The minimum absolute atomic E-state index is 0.0742. The molecule has 0 N–H and O–H groups in total. The van der Waals surface area contributed by atoms with Crippen molar-refractivity contribution in [3.8, 4) is 11.4 Å². The van der Waals surface area contributed by atoms with Gasteiger partial charge in [0.2, 0.25) is 5.91 Å².